The molecule has 2 aromatic carbocycles. The van der Waals surface area contributed by atoms with Gasteiger partial charge >= 0.3 is 12.0 Å². The molecule has 1 fully saturated rings. The zero-order valence-electron chi connectivity index (χ0n) is 20.1. The molecule has 1 saturated heterocycles. The van der Waals surface area contributed by atoms with Crippen molar-refractivity contribution in [1.29, 1.82) is 0 Å². The van der Waals surface area contributed by atoms with Crippen LogP contribution < -0.4 is 20.3 Å². The van der Waals surface area contributed by atoms with Gasteiger partial charge in [-0.2, -0.15) is 0 Å². The zero-order chi connectivity index (χ0) is 24.8. The van der Waals surface area contributed by atoms with Gasteiger partial charge in [0, 0.05) is 38.4 Å². The number of nitrogens with zero attached hydrogens (tertiary/aromatic N) is 2. The highest BCUT2D eigenvalue weighted by atomic mass is 19.1. The highest BCUT2D eigenvalue weighted by molar-refractivity contribution is 5.95. The summed E-state index contributed by atoms with van der Waals surface area (Å²) in [5.74, 6) is -0.0307. The van der Waals surface area contributed by atoms with Gasteiger partial charge in [0.25, 0.3) is 0 Å². The molecule has 0 radical (unpaired) electrons. The molecule has 2 amide bonds. The molecule has 9 heteroatoms. The smallest absolute Gasteiger partial charge is 0.338 e. The third-order valence-electron chi connectivity index (χ3n) is 6.11. The fourth-order valence-electron chi connectivity index (χ4n) is 4.46. The van der Waals surface area contributed by atoms with E-state index in [9.17, 15) is 14.0 Å². The molecule has 0 spiro atoms. The number of urea groups is 1. The Kier molecular flexibility index (Phi) is 7.87. The Balaban J connectivity index is 1.54. The maximum atomic E-state index is 13.5. The summed E-state index contributed by atoms with van der Waals surface area (Å²) in [5, 5.41) is 5.60. The van der Waals surface area contributed by atoms with E-state index in [-0.39, 0.29) is 12.4 Å². The fourth-order valence-corrected chi connectivity index (χ4v) is 4.46. The number of amides is 2. The van der Waals surface area contributed by atoms with Crippen LogP contribution in [0.5, 0.6) is 5.75 Å². The van der Waals surface area contributed by atoms with Gasteiger partial charge in [-0.1, -0.05) is 24.3 Å². The van der Waals surface area contributed by atoms with Gasteiger partial charge in [-0.3, -0.25) is 4.90 Å². The third kappa shape index (κ3) is 5.74. The predicted octanol–water partition coefficient (Wildman–Crippen LogP) is 3.22. The normalized spacial score (nSPS) is 18.7. The van der Waals surface area contributed by atoms with Gasteiger partial charge in [0.2, 0.25) is 0 Å². The maximum absolute atomic E-state index is 13.5. The zero-order valence-corrected chi connectivity index (χ0v) is 20.1. The van der Waals surface area contributed by atoms with Crippen molar-refractivity contribution in [2.45, 2.75) is 19.9 Å². The molecule has 2 N–H and O–H groups in total. The Bertz CT molecular complexity index is 1080. The number of esters is 1. The Morgan fingerprint density at radius 1 is 1.03 bits per heavy atom. The summed E-state index contributed by atoms with van der Waals surface area (Å²) in [6.07, 6.45) is 0. The lowest BCUT2D eigenvalue weighted by Crippen LogP contribution is -2.51. The first kappa shape index (κ1) is 24.5. The molecule has 2 aliphatic rings. The van der Waals surface area contributed by atoms with Crippen molar-refractivity contribution < 1.29 is 23.5 Å². The van der Waals surface area contributed by atoms with E-state index in [0.717, 1.165) is 37.6 Å². The van der Waals surface area contributed by atoms with Gasteiger partial charge in [-0.25, -0.2) is 14.0 Å². The minimum absolute atomic E-state index is 0.206. The van der Waals surface area contributed by atoms with Crippen molar-refractivity contribution in [3.8, 4) is 5.75 Å². The van der Waals surface area contributed by atoms with E-state index >= 15 is 0 Å². The quantitative estimate of drug-likeness (QED) is 0.563. The molecule has 2 heterocycles. The van der Waals surface area contributed by atoms with Crippen molar-refractivity contribution in [3.05, 3.63) is 71.2 Å². The molecular formula is C26H31FN4O4. The summed E-state index contributed by atoms with van der Waals surface area (Å²) >= 11 is 0. The number of benzene rings is 2. The molecule has 1 unspecified atom stereocenters. The SMILES string of the molecule is CCOC(=O)C1=C(CN2CCN(c3ccccc3OCC)CC2)NC(=O)NC1c1ccc(F)cc1. The van der Waals surface area contributed by atoms with Crippen molar-refractivity contribution in [2.24, 2.45) is 0 Å². The van der Waals surface area contributed by atoms with Gasteiger partial charge in [0.1, 0.15) is 11.6 Å². The standard InChI is InChI=1S/C26H31FN4O4/c1-3-34-22-8-6-5-7-21(22)31-15-13-30(14-16-31)17-20-23(25(32)35-4-2)24(29-26(33)28-20)18-9-11-19(27)12-10-18/h5-12,24H,3-4,13-17H2,1-2H3,(H2,28,29,33). The van der Waals surface area contributed by atoms with Crippen LogP contribution in [0, 0.1) is 5.82 Å². The Hall–Kier alpha value is -3.59. The summed E-state index contributed by atoms with van der Waals surface area (Å²) in [6.45, 7) is 7.94. The number of para-hydroxylation sites is 2. The lowest BCUT2D eigenvalue weighted by Gasteiger charge is -2.38. The largest absolute Gasteiger partial charge is 0.492 e. The third-order valence-corrected chi connectivity index (χ3v) is 6.11. The van der Waals surface area contributed by atoms with Crippen molar-refractivity contribution in [3.63, 3.8) is 0 Å². The predicted molar refractivity (Wildman–Crippen MR) is 131 cm³/mol. The molecule has 0 bridgehead atoms. The average molecular weight is 483 g/mol. The topological polar surface area (TPSA) is 83.1 Å². The number of hydrogen-bond acceptors (Lipinski definition) is 6. The number of carbonyl (C=O) groups is 2. The van der Waals surface area contributed by atoms with Crippen LogP contribution >= 0.6 is 0 Å². The van der Waals surface area contributed by atoms with Gasteiger partial charge in [-0.15, -0.1) is 0 Å². The van der Waals surface area contributed by atoms with Crippen LogP contribution in [0.1, 0.15) is 25.5 Å². The first-order valence-electron chi connectivity index (χ1n) is 11.9. The van der Waals surface area contributed by atoms with E-state index in [0.29, 0.717) is 30.0 Å². The molecule has 2 aliphatic heterocycles. The van der Waals surface area contributed by atoms with Crippen molar-refractivity contribution >= 4 is 17.7 Å². The lowest BCUT2D eigenvalue weighted by molar-refractivity contribution is -0.139. The van der Waals surface area contributed by atoms with E-state index in [2.05, 4.69) is 26.5 Å². The second-order valence-corrected chi connectivity index (χ2v) is 8.36. The summed E-state index contributed by atoms with van der Waals surface area (Å²) in [5.41, 5.74) is 2.51. The molecule has 1 atom stereocenters. The average Bonchev–Trinajstić information content (AvgIpc) is 2.85. The summed E-state index contributed by atoms with van der Waals surface area (Å²) in [6, 6.07) is 12.6. The van der Waals surface area contributed by atoms with E-state index in [4.69, 9.17) is 9.47 Å². The van der Waals surface area contributed by atoms with E-state index in [1.54, 1.807) is 19.1 Å². The molecule has 2 aromatic rings. The van der Waals surface area contributed by atoms with Crippen LogP contribution in [0.3, 0.4) is 0 Å². The monoisotopic (exact) mass is 482 g/mol. The second-order valence-electron chi connectivity index (χ2n) is 8.36. The van der Waals surface area contributed by atoms with Gasteiger partial charge in [0.15, 0.2) is 0 Å². The minimum atomic E-state index is -0.724. The molecule has 0 aromatic heterocycles. The van der Waals surface area contributed by atoms with Crippen LogP contribution in [0.4, 0.5) is 14.9 Å². The van der Waals surface area contributed by atoms with Crippen molar-refractivity contribution in [1.82, 2.24) is 15.5 Å². The Labute approximate surface area is 204 Å². The number of anilines is 1. The molecule has 0 aliphatic carbocycles. The Morgan fingerprint density at radius 2 is 1.74 bits per heavy atom. The minimum Gasteiger partial charge on any atom is -0.492 e. The van der Waals surface area contributed by atoms with Gasteiger partial charge < -0.3 is 25.0 Å². The Morgan fingerprint density at radius 3 is 2.43 bits per heavy atom. The maximum Gasteiger partial charge on any atom is 0.338 e. The van der Waals surface area contributed by atoms with Crippen LogP contribution in [0.15, 0.2) is 59.8 Å². The molecule has 0 saturated carbocycles. The van der Waals surface area contributed by atoms with Crippen molar-refractivity contribution in [2.75, 3.05) is 50.8 Å². The van der Waals surface area contributed by atoms with E-state index in [1.807, 2.05) is 25.1 Å². The summed E-state index contributed by atoms with van der Waals surface area (Å²) in [4.78, 5) is 29.9. The van der Waals surface area contributed by atoms with Crippen LogP contribution in [0.25, 0.3) is 0 Å². The summed E-state index contributed by atoms with van der Waals surface area (Å²) in [7, 11) is 0. The van der Waals surface area contributed by atoms with E-state index in [1.165, 1.54) is 12.1 Å². The second kappa shape index (κ2) is 11.2. The molecule has 8 nitrogen and oxygen atoms in total. The first-order valence-corrected chi connectivity index (χ1v) is 11.9. The van der Waals surface area contributed by atoms with Crippen LogP contribution in [-0.2, 0) is 9.53 Å². The van der Waals surface area contributed by atoms with Gasteiger partial charge in [-0.05, 0) is 43.7 Å². The molecule has 186 valence electrons. The van der Waals surface area contributed by atoms with E-state index < -0.39 is 18.0 Å². The number of rotatable bonds is 8. The number of piperazine rings is 1. The number of carbonyl (C=O) groups excluding carboxylic acids is 2. The fraction of sp³-hybridized carbons (Fsp3) is 0.385. The van der Waals surface area contributed by atoms with Gasteiger partial charge in [0.05, 0.1) is 30.5 Å². The molecular weight excluding hydrogens is 451 g/mol. The number of ether oxygens (including phenoxy) is 2. The number of nitrogens with one attached hydrogen (secondary N) is 2. The summed E-state index contributed by atoms with van der Waals surface area (Å²) < 4.78 is 24.6. The number of hydrogen-bond donors (Lipinski definition) is 2. The molecule has 35 heavy (non-hydrogen) atoms. The molecule has 4 rings (SSSR count). The lowest BCUT2D eigenvalue weighted by atomic mass is 9.95. The highest BCUT2D eigenvalue weighted by Crippen LogP contribution is 2.30. The van der Waals surface area contributed by atoms with Crippen LogP contribution in [-0.4, -0.2) is 62.8 Å². The number of halogens is 1. The van der Waals surface area contributed by atoms with Crippen LogP contribution in [0.2, 0.25) is 0 Å². The highest BCUT2D eigenvalue weighted by Gasteiger charge is 2.34. The first-order chi connectivity index (χ1) is 17.0.